The van der Waals surface area contributed by atoms with Crippen molar-refractivity contribution in [2.24, 2.45) is 0 Å². The number of pyridine rings is 1. The lowest BCUT2D eigenvalue weighted by atomic mass is 9.91. The fourth-order valence-electron chi connectivity index (χ4n) is 4.25. The summed E-state index contributed by atoms with van der Waals surface area (Å²) in [5.74, 6) is 2.09. The molecule has 0 fully saturated rings. The van der Waals surface area contributed by atoms with Crippen molar-refractivity contribution >= 4 is 16.6 Å². The zero-order valence-electron chi connectivity index (χ0n) is 16.7. The highest BCUT2D eigenvalue weighted by molar-refractivity contribution is 5.95. The van der Waals surface area contributed by atoms with Crippen LogP contribution in [-0.4, -0.2) is 11.0 Å². The maximum atomic E-state index is 6.06. The number of rotatable bonds is 4. The third kappa shape index (κ3) is 3.33. The van der Waals surface area contributed by atoms with E-state index in [0.717, 1.165) is 34.5 Å². The standard InChI is InChI=1S/C26H24N2O/c1-17(19-9-5-3-6-10-19)25-16-22-18(2)27-24-14-13-21(15-23(24)26(22)28-25)29-20-11-7-4-8-12-20/h3-15,17,25,28H,16H2,1-2H3. The molecule has 144 valence electrons. The molecular weight excluding hydrogens is 356 g/mol. The monoisotopic (exact) mass is 380 g/mol. The van der Waals surface area contributed by atoms with E-state index >= 15 is 0 Å². The first kappa shape index (κ1) is 17.7. The van der Waals surface area contributed by atoms with Crippen LogP contribution in [0.3, 0.4) is 0 Å². The molecule has 1 aromatic heterocycles. The molecule has 0 saturated carbocycles. The molecule has 2 heterocycles. The minimum atomic E-state index is 0.359. The normalized spacial score (nSPS) is 16.3. The molecule has 0 saturated heterocycles. The molecule has 0 bridgehead atoms. The van der Waals surface area contributed by atoms with Gasteiger partial charge in [-0.25, -0.2) is 0 Å². The summed E-state index contributed by atoms with van der Waals surface area (Å²) < 4.78 is 6.06. The molecule has 1 aliphatic heterocycles. The van der Waals surface area contributed by atoms with Gasteiger partial charge in [-0.05, 0) is 54.8 Å². The van der Waals surface area contributed by atoms with Crippen LogP contribution < -0.4 is 10.1 Å². The minimum Gasteiger partial charge on any atom is -0.457 e. The Bertz CT molecular complexity index is 1160. The quantitative estimate of drug-likeness (QED) is 0.440. The van der Waals surface area contributed by atoms with Gasteiger partial charge in [-0.2, -0.15) is 0 Å². The second-order valence-electron chi connectivity index (χ2n) is 7.80. The van der Waals surface area contributed by atoms with Gasteiger partial charge in [-0.3, -0.25) is 4.98 Å². The summed E-state index contributed by atoms with van der Waals surface area (Å²) in [4.78, 5) is 4.87. The van der Waals surface area contributed by atoms with Gasteiger partial charge in [0.05, 0.1) is 5.52 Å². The van der Waals surface area contributed by atoms with E-state index in [1.54, 1.807) is 0 Å². The third-order valence-corrected chi connectivity index (χ3v) is 5.93. The van der Waals surface area contributed by atoms with Gasteiger partial charge in [0.15, 0.2) is 0 Å². The number of aryl methyl sites for hydroxylation is 1. The summed E-state index contributed by atoms with van der Waals surface area (Å²) in [7, 11) is 0. The molecule has 3 heteroatoms. The number of fused-ring (bicyclic) bond motifs is 3. The lowest BCUT2D eigenvalue weighted by Crippen LogP contribution is -2.22. The summed E-state index contributed by atoms with van der Waals surface area (Å²) in [6.07, 6.45) is 0.990. The number of hydrogen-bond acceptors (Lipinski definition) is 3. The van der Waals surface area contributed by atoms with E-state index in [4.69, 9.17) is 9.72 Å². The molecule has 3 aromatic carbocycles. The van der Waals surface area contributed by atoms with Crippen molar-refractivity contribution in [3.05, 3.63) is 95.7 Å². The van der Waals surface area contributed by atoms with Crippen LogP contribution in [0.25, 0.3) is 10.9 Å². The molecular formula is C26H24N2O. The number of hydrogen-bond donors (Lipinski definition) is 1. The summed E-state index contributed by atoms with van der Waals surface area (Å²) in [6, 6.07) is 27.1. The van der Waals surface area contributed by atoms with Crippen molar-refractivity contribution in [1.29, 1.82) is 0 Å². The zero-order valence-corrected chi connectivity index (χ0v) is 16.7. The maximum Gasteiger partial charge on any atom is 0.128 e. The molecule has 0 aliphatic carbocycles. The smallest absolute Gasteiger partial charge is 0.128 e. The molecule has 0 spiro atoms. The summed E-state index contributed by atoms with van der Waals surface area (Å²) in [5.41, 5.74) is 6.00. The van der Waals surface area contributed by atoms with Crippen LogP contribution in [-0.2, 0) is 6.42 Å². The van der Waals surface area contributed by atoms with E-state index in [0.29, 0.717) is 12.0 Å². The zero-order chi connectivity index (χ0) is 19.8. The fourth-order valence-corrected chi connectivity index (χ4v) is 4.25. The van der Waals surface area contributed by atoms with Gasteiger partial charge in [0.2, 0.25) is 0 Å². The highest BCUT2D eigenvalue weighted by atomic mass is 16.5. The summed E-state index contributed by atoms with van der Waals surface area (Å²) >= 11 is 0. The highest BCUT2D eigenvalue weighted by Crippen LogP contribution is 2.40. The first-order valence-electron chi connectivity index (χ1n) is 10.2. The lowest BCUT2D eigenvalue weighted by molar-refractivity contribution is 0.483. The Morgan fingerprint density at radius 1 is 0.931 bits per heavy atom. The van der Waals surface area contributed by atoms with Gasteiger partial charge < -0.3 is 10.1 Å². The molecule has 3 nitrogen and oxygen atoms in total. The molecule has 0 radical (unpaired) electrons. The first-order valence-corrected chi connectivity index (χ1v) is 10.2. The number of aromatic nitrogens is 1. The van der Waals surface area contributed by atoms with E-state index < -0.39 is 0 Å². The second kappa shape index (κ2) is 7.25. The number of para-hydroxylation sites is 1. The minimum absolute atomic E-state index is 0.359. The average molecular weight is 380 g/mol. The predicted molar refractivity (Wildman–Crippen MR) is 119 cm³/mol. The third-order valence-electron chi connectivity index (χ3n) is 5.93. The van der Waals surface area contributed by atoms with Crippen molar-refractivity contribution in [3.63, 3.8) is 0 Å². The first-order chi connectivity index (χ1) is 14.2. The molecule has 4 aromatic rings. The van der Waals surface area contributed by atoms with Gasteiger partial charge >= 0.3 is 0 Å². The van der Waals surface area contributed by atoms with E-state index in [-0.39, 0.29) is 0 Å². The lowest BCUT2D eigenvalue weighted by Gasteiger charge is -2.20. The maximum absolute atomic E-state index is 6.06. The Balaban J connectivity index is 1.50. The van der Waals surface area contributed by atoms with Crippen LogP contribution in [0.2, 0.25) is 0 Å². The number of nitrogens with one attached hydrogen (secondary N) is 1. The number of anilines is 1. The van der Waals surface area contributed by atoms with Crippen molar-refractivity contribution in [2.75, 3.05) is 5.32 Å². The van der Waals surface area contributed by atoms with Crippen LogP contribution in [0.4, 0.5) is 5.69 Å². The van der Waals surface area contributed by atoms with Crippen molar-refractivity contribution in [3.8, 4) is 11.5 Å². The number of nitrogens with zero attached hydrogens (tertiary/aromatic N) is 1. The SMILES string of the molecule is Cc1nc2ccc(Oc3ccccc3)cc2c2c1CC(C(C)c1ccccc1)N2. The van der Waals surface area contributed by atoms with E-state index in [9.17, 15) is 0 Å². The molecule has 0 amide bonds. The second-order valence-corrected chi connectivity index (χ2v) is 7.80. The Morgan fingerprint density at radius 3 is 2.41 bits per heavy atom. The average Bonchev–Trinajstić information content (AvgIpc) is 3.22. The van der Waals surface area contributed by atoms with E-state index in [1.807, 2.05) is 36.4 Å². The molecule has 1 N–H and O–H groups in total. The van der Waals surface area contributed by atoms with Gasteiger partial charge in [0, 0.05) is 28.7 Å². The van der Waals surface area contributed by atoms with Crippen LogP contribution in [0.15, 0.2) is 78.9 Å². The van der Waals surface area contributed by atoms with Crippen molar-refractivity contribution in [2.45, 2.75) is 32.2 Å². The highest BCUT2D eigenvalue weighted by Gasteiger charge is 2.29. The van der Waals surface area contributed by atoms with E-state index in [1.165, 1.54) is 16.8 Å². The Labute approximate surface area is 171 Å². The van der Waals surface area contributed by atoms with Gasteiger partial charge in [-0.1, -0.05) is 55.5 Å². The van der Waals surface area contributed by atoms with Gasteiger partial charge in [0.25, 0.3) is 0 Å². The van der Waals surface area contributed by atoms with Crippen LogP contribution in [0, 0.1) is 6.92 Å². The number of benzene rings is 3. The van der Waals surface area contributed by atoms with Gasteiger partial charge in [0.1, 0.15) is 11.5 Å². The summed E-state index contributed by atoms with van der Waals surface area (Å²) in [6.45, 7) is 4.41. The molecule has 2 atom stereocenters. The fraction of sp³-hybridized carbons (Fsp3) is 0.192. The predicted octanol–water partition coefficient (Wildman–Crippen LogP) is 6.48. The van der Waals surface area contributed by atoms with E-state index in [2.05, 4.69) is 61.6 Å². The van der Waals surface area contributed by atoms with Crippen molar-refractivity contribution < 1.29 is 4.74 Å². The van der Waals surface area contributed by atoms with Gasteiger partial charge in [-0.15, -0.1) is 0 Å². The molecule has 29 heavy (non-hydrogen) atoms. The largest absolute Gasteiger partial charge is 0.457 e. The molecule has 1 aliphatic rings. The van der Waals surface area contributed by atoms with Crippen LogP contribution in [0.1, 0.15) is 29.7 Å². The topological polar surface area (TPSA) is 34.1 Å². The Kier molecular flexibility index (Phi) is 4.44. The van der Waals surface area contributed by atoms with Crippen molar-refractivity contribution in [1.82, 2.24) is 4.98 Å². The Hall–Kier alpha value is -3.33. The Morgan fingerprint density at radius 2 is 1.66 bits per heavy atom. The van der Waals surface area contributed by atoms with Crippen LogP contribution in [0.5, 0.6) is 11.5 Å². The van der Waals surface area contributed by atoms with Crippen LogP contribution >= 0.6 is 0 Å². The molecule has 5 rings (SSSR count). The molecule has 2 unspecified atom stereocenters. The number of ether oxygens (including phenoxy) is 1. The summed E-state index contributed by atoms with van der Waals surface area (Å²) in [5, 5.41) is 4.94.